The molecular formula is C28H30ClNOS. The van der Waals surface area contributed by atoms with Gasteiger partial charge in [0.1, 0.15) is 12.4 Å². The van der Waals surface area contributed by atoms with Gasteiger partial charge in [-0.2, -0.15) is 0 Å². The molecule has 4 aromatic rings. The SMILES string of the molecule is CSc1ccc(C(c2ccc(OCCN(C)C)cc2)c2cccc3ccccc23)cc1.Cl. The lowest BCUT2D eigenvalue weighted by Gasteiger charge is -2.21. The Morgan fingerprint density at radius 3 is 2.06 bits per heavy atom. The summed E-state index contributed by atoms with van der Waals surface area (Å²) in [6, 6.07) is 32.8. The minimum atomic E-state index is 0. The molecule has 166 valence electrons. The van der Waals surface area contributed by atoms with E-state index in [-0.39, 0.29) is 18.3 Å². The number of halogens is 1. The van der Waals surface area contributed by atoms with E-state index in [9.17, 15) is 0 Å². The van der Waals surface area contributed by atoms with Crippen LogP contribution in [0.4, 0.5) is 0 Å². The van der Waals surface area contributed by atoms with E-state index in [1.807, 2.05) is 0 Å². The van der Waals surface area contributed by atoms with E-state index in [0.29, 0.717) is 6.61 Å². The van der Waals surface area contributed by atoms with Gasteiger partial charge in [-0.1, -0.05) is 66.7 Å². The molecular weight excluding hydrogens is 434 g/mol. The Morgan fingerprint density at radius 2 is 1.41 bits per heavy atom. The molecule has 0 aliphatic carbocycles. The molecule has 0 aliphatic rings. The lowest BCUT2D eigenvalue weighted by molar-refractivity contribution is 0.261. The van der Waals surface area contributed by atoms with Gasteiger partial charge in [0.15, 0.2) is 0 Å². The third-order valence-electron chi connectivity index (χ3n) is 5.60. The summed E-state index contributed by atoms with van der Waals surface area (Å²) in [5.74, 6) is 1.08. The molecule has 4 rings (SSSR count). The second kappa shape index (κ2) is 11.4. The number of nitrogens with zero attached hydrogens (tertiary/aromatic N) is 1. The topological polar surface area (TPSA) is 12.5 Å². The largest absolute Gasteiger partial charge is 0.492 e. The third kappa shape index (κ3) is 5.66. The molecule has 32 heavy (non-hydrogen) atoms. The van der Waals surface area contributed by atoms with Crippen molar-refractivity contribution >= 4 is 34.9 Å². The summed E-state index contributed by atoms with van der Waals surface area (Å²) in [5, 5.41) is 2.57. The van der Waals surface area contributed by atoms with Crippen molar-refractivity contribution in [3.63, 3.8) is 0 Å². The number of hydrogen-bond acceptors (Lipinski definition) is 3. The van der Waals surface area contributed by atoms with E-state index in [2.05, 4.69) is 116 Å². The van der Waals surface area contributed by atoms with Gasteiger partial charge in [-0.15, -0.1) is 24.2 Å². The predicted molar refractivity (Wildman–Crippen MR) is 141 cm³/mol. The second-order valence-corrected chi connectivity index (χ2v) is 8.87. The van der Waals surface area contributed by atoms with Crippen molar-refractivity contribution in [3.8, 4) is 5.75 Å². The van der Waals surface area contributed by atoms with Crippen LogP contribution >= 0.6 is 24.2 Å². The van der Waals surface area contributed by atoms with Gasteiger partial charge in [-0.25, -0.2) is 0 Å². The fraction of sp³-hybridized carbons (Fsp3) is 0.214. The van der Waals surface area contributed by atoms with Gasteiger partial charge in [0.2, 0.25) is 0 Å². The van der Waals surface area contributed by atoms with E-state index in [1.165, 1.54) is 32.4 Å². The number of benzene rings is 4. The molecule has 0 saturated carbocycles. The molecule has 0 saturated heterocycles. The van der Waals surface area contributed by atoms with Crippen molar-refractivity contribution in [1.29, 1.82) is 0 Å². The molecule has 0 aliphatic heterocycles. The number of likely N-dealkylation sites (N-methyl/N-ethyl adjacent to an activating group) is 1. The van der Waals surface area contributed by atoms with Crippen LogP contribution in [0.25, 0.3) is 10.8 Å². The lowest BCUT2D eigenvalue weighted by atomic mass is 9.83. The van der Waals surface area contributed by atoms with Crippen LogP contribution in [0.5, 0.6) is 5.75 Å². The average molecular weight is 464 g/mol. The minimum absolute atomic E-state index is 0. The first-order chi connectivity index (χ1) is 15.2. The van der Waals surface area contributed by atoms with Gasteiger partial charge in [0.05, 0.1) is 0 Å². The molecule has 4 aromatic carbocycles. The Labute approximate surface area is 202 Å². The highest BCUT2D eigenvalue weighted by Gasteiger charge is 2.19. The molecule has 0 fully saturated rings. The number of thioether (sulfide) groups is 1. The fourth-order valence-electron chi connectivity index (χ4n) is 3.95. The maximum absolute atomic E-state index is 5.92. The first-order valence-corrected chi connectivity index (χ1v) is 11.9. The van der Waals surface area contributed by atoms with Crippen LogP contribution in [0.1, 0.15) is 22.6 Å². The molecule has 0 aromatic heterocycles. The van der Waals surface area contributed by atoms with Crippen molar-refractivity contribution in [1.82, 2.24) is 4.90 Å². The summed E-state index contributed by atoms with van der Waals surface area (Å²) in [5.41, 5.74) is 3.90. The molecule has 0 N–H and O–H groups in total. The van der Waals surface area contributed by atoms with Crippen molar-refractivity contribution in [2.45, 2.75) is 10.8 Å². The van der Waals surface area contributed by atoms with Gasteiger partial charge < -0.3 is 9.64 Å². The molecule has 0 heterocycles. The van der Waals surface area contributed by atoms with E-state index >= 15 is 0 Å². The van der Waals surface area contributed by atoms with Crippen LogP contribution < -0.4 is 4.74 Å². The molecule has 0 bridgehead atoms. The van der Waals surface area contributed by atoms with Crippen LogP contribution in [0.3, 0.4) is 0 Å². The highest BCUT2D eigenvalue weighted by Crippen LogP contribution is 2.37. The first-order valence-electron chi connectivity index (χ1n) is 10.6. The minimum Gasteiger partial charge on any atom is -0.492 e. The Morgan fingerprint density at radius 1 is 0.781 bits per heavy atom. The van der Waals surface area contributed by atoms with Crippen molar-refractivity contribution in [3.05, 3.63) is 108 Å². The van der Waals surface area contributed by atoms with Crippen molar-refractivity contribution in [2.75, 3.05) is 33.5 Å². The Bertz CT molecular complexity index is 1120. The number of fused-ring (bicyclic) bond motifs is 1. The summed E-state index contributed by atoms with van der Waals surface area (Å²) in [6.07, 6.45) is 2.12. The van der Waals surface area contributed by atoms with Crippen LogP contribution in [0.15, 0.2) is 95.9 Å². The molecule has 0 spiro atoms. The lowest BCUT2D eigenvalue weighted by Crippen LogP contribution is -2.19. The second-order valence-electron chi connectivity index (χ2n) is 8.00. The quantitative estimate of drug-likeness (QED) is 0.204. The van der Waals surface area contributed by atoms with Crippen LogP contribution in [0, 0.1) is 0 Å². The first kappa shape index (κ1) is 24.2. The average Bonchev–Trinajstić information content (AvgIpc) is 2.81. The third-order valence-corrected chi connectivity index (χ3v) is 6.35. The van der Waals surface area contributed by atoms with Crippen LogP contribution in [-0.4, -0.2) is 38.4 Å². The Balaban J connectivity index is 0.00000289. The molecule has 1 atom stereocenters. The van der Waals surface area contributed by atoms with Crippen molar-refractivity contribution in [2.24, 2.45) is 0 Å². The molecule has 0 amide bonds. The summed E-state index contributed by atoms with van der Waals surface area (Å²) in [6.45, 7) is 1.59. The molecule has 2 nitrogen and oxygen atoms in total. The highest BCUT2D eigenvalue weighted by atomic mass is 35.5. The van der Waals surface area contributed by atoms with Gasteiger partial charge in [0.25, 0.3) is 0 Å². The standard InChI is InChI=1S/C28H29NOS.ClH/c1-29(2)19-20-30-24-15-11-22(12-16-24)28(23-13-17-25(31-3)18-14-23)27-10-6-8-21-7-4-5-9-26(21)27;/h4-18,28H,19-20H2,1-3H3;1H. The summed E-state index contributed by atoms with van der Waals surface area (Å²) in [7, 11) is 4.12. The fourth-order valence-corrected chi connectivity index (χ4v) is 4.36. The van der Waals surface area contributed by atoms with E-state index < -0.39 is 0 Å². The summed E-state index contributed by atoms with van der Waals surface area (Å²) >= 11 is 1.77. The Hall–Kier alpha value is -2.46. The van der Waals surface area contributed by atoms with Crippen molar-refractivity contribution < 1.29 is 4.74 Å². The molecule has 0 radical (unpaired) electrons. The molecule has 1 unspecified atom stereocenters. The predicted octanol–water partition coefficient (Wildman–Crippen LogP) is 7.10. The maximum atomic E-state index is 5.92. The highest BCUT2D eigenvalue weighted by molar-refractivity contribution is 7.98. The van der Waals surface area contributed by atoms with Gasteiger partial charge in [-0.05, 0) is 72.1 Å². The zero-order chi connectivity index (χ0) is 21.6. The van der Waals surface area contributed by atoms with E-state index in [1.54, 1.807) is 11.8 Å². The number of hydrogen-bond donors (Lipinski definition) is 0. The maximum Gasteiger partial charge on any atom is 0.119 e. The summed E-state index contributed by atoms with van der Waals surface area (Å²) in [4.78, 5) is 3.41. The zero-order valence-corrected chi connectivity index (χ0v) is 20.5. The number of ether oxygens (including phenoxy) is 1. The summed E-state index contributed by atoms with van der Waals surface area (Å²) < 4.78 is 5.92. The van der Waals surface area contributed by atoms with E-state index in [0.717, 1.165) is 12.3 Å². The normalized spacial score (nSPS) is 11.9. The smallest absolute Gasteiger partial charge is 0.119 e. The number of rotatable bonds is 8. The Kier molecular flexibility index (Phi) is 8.63. The van der Waals surface area contributed by atoms with Gasteiger partial charge >= 0.3 is 0 Å². The van der Waals surface area contributed by atoms with Gasteiger partial charge in [0, 0.05) is 17.4 Å². The van der Waals surface area contributed by atoms with Gasteiger partial charge in [-0.3, -0.25) is 0 Å². The zero-order valence-electron chi connectivity index (χ0n) is 18.8. The molecule has 4 heteroatoms. The van der Waals surface area contributed by atoms with Crippen LogP contribution in [0.2, 0.25) is 0 Å². The monoisotopic (exact) mass is 463 g/mol. The van der Waals surface area contributed by atoms with E-state index in [4.69, 9.17) is 4.74 Å². The van der Waals surface area contributed by atoms with Crippen LogP contribution in [-0.2, 0) is 0 Å².